The standard InChI is InChI=1S/C14H20BrClN4/c15-12-13(16)17-10-18-14(12)20-8-4-11(5-9-20)19-6-2-1-3-7-19/h10-11H,1-9H2. The van der Waals surface area contributed by atoms with Gasteiger partial charge in [0.1, 0.15) is 17.3 Å². The predicted molar refractivity (Wildman–Crippen MR) is 85.4 cm³/mol. The lowest BCUT2D eigenvalue weighted by Crippen LogP contribution is -2.47. The molecule has 0 bridgehead atoms. The van der Waals surface area contributed by atoms with Crippen molar-refractivity contribution in [2.24, 2.45) is 0 Å². The zero-order chi connectivity index (χ0) is 13.9. The topological polar surface area (TPSA) is 32.3 Å². The Hall–Kier alpha value is -0.390. The largest absolute Gasteiger partial charge is 0.355 e. The van der Waals surface area contributed by atoms with Crippen LogP contribution in [-0.4, -0.2) is 47.1 Å². The average molecular weight is 360 g/mol. The highest BCUT2D eigenvalue weighted by atomic mass is 79.9. The third-order valence-electron chi connectivity index (χ3n) is 4.40. The minimum atomic E-state index is 0.494. The molecule has 2 aliphatic rings. The molecule has 2 aliphatic heterocycles. The molecule has 0 aromatic carbocycles. The Morgan fingerprint density at radius 1 is 1.05 bits per heavy atom. The van der Waals surface area contributed by atoms with Gasteiger partial charge in [0.15, 0.2) is 0 Å². The molecule has 110 valence electrons. The van der Waals surface area contributed by atoms with Crippen LogP contribution in [0.2, 0.25) is 5.15 Å². The molecule has 0 unspecified atom stereocenters. The van der Waals surface area contributed by atoms with E-state index in [1.54, 1.807) is 6.33 Å². The first kappa shape index (κ1) is 14.5. The maximum Gasteiger partial charge on any atom is 0.148 e. The zero-order valence-corrected chi connectivity index (χ0v) is 13.9. The highest BCUT2D eigenvalue weighted by molar-refractivity contribution is 9.10. The van der Waals surface area contributed by atoms with Crippen LogP contribution in [0.4, 0.5) is 5.82 Å². The van der Waals surface area contributed by atoms with Crippen molar-refractivity contribution in [2.45, 2.75) is 38.1 Å². The summed E-state index contributed by atoms with van der Waals surface area (Å²) in [5.41, 5.74) is 0. The molecule has 2 saturated heterocycles. The average Bonchev–Trinajstić information content (AvgIpc) is 2.51. The molecule has 0 aliphatic carbocycles. The molecule has 3 heterocycles. The van der Waals surface area contributed by atoms with Crippen molar-refractivity contribution in [1.82, 2.24) is 14.9 Å². The van der Waals surface area contributed by atoms with E-state index >= 15 is 0 Å². The van der Waals surface area contributed by atoms with Crippen LogP contribution in [0, 0.1) is 0 Å². The number of nitrogens with zero attached hydrogens (tertiary/aromatic N) is 4. The first-order valence-corrected chi connectivity index (χ1v) is 8.58. The molecule has 1 aromatic rings. The van der Waals surface area contributed by atoms with Crippen molar-refractivity contribution in [3.63, 3.8) is 0 Å². The number of halogens is 2. The summed E-state index contributed by atoms with van der Waals surface area (Å²) in [4.78, 5) is 13.4. The summed E-state index contributed by atoms with van der Waals surface area (Å²) in [6.07, 6.45) is 8.11. The van der Waals surface area contributed by atoms with Gasteiger partial charge in [-0.25, -0.2) is 9.97 Å². The van der Waals surface area contributed by atoms with Crippen molar-refractivity contribution in [2.75, 3.05) is 31.1 Å². The highest BCUT2D eigenvalue weighted by Gasteiger charge is 2.27. The number of anilines is 1. The maximum atomic E-state index is 6.05. The molecular weight excluding hydrogens is 340 g/mol. The maximum absolute atomic E-state index is 6.05. The Balaban J connectivity index is 1.62. The van der Waals surface area contributed by atoms with Crippen molar-refractivity contribution < 1.29 is 0 Å². The van der Waals surface area contributed by atoms with Gasteiger partial charge in [-0.3, -0.25) is 0 Å². The number of hydrogen-bond donors (Lipinski definition) is 0. The lowest BCUT2D eigenvalue weighted by atomic mass is 10.00. The van der Waals surface area contributed by atoms with Gasteiger partial charge in [0.25, 0.3) is 0 Å². The van der Waals surface area contributed by atoms with Gasteiger partial charge in [0, 0.05) is 19.1 Å². The van der Waals surface area contributed by atoms with Gasteiger partial charge in [0.05, 0.1) is 4.47 Å². The van der Waals surface area contributed by atoms with E-state index < -0.39 is 0 Å². The van der Waals surface area contributed by atoms with Gasteiger partial charge in [-0.15, -0.1) is 0 Å². The molecule has 2 fully saturated rings. The van der Waals surface area contributed by atoms with E-state index in [9.17, 15) is 0 Å². The number of rotatable bonds is 2. The van der Waals surface area contributed by atoms with Crippen molar-refractivity contribution in [1.29, 1.82) is 0 Å². The molecule has 6 heteroatoms. The van der Waals surface area contributed by atoms with E-state index in [4.69, 9.17) is 11.6 Å². The molecule has 0 spiro atoms. The number of hydrogen-bond acceptors (Lipinski definition) is 4. The second kappa shape index (κ2) is 6.58. The fourth-order valence-corrected chi connectivity index (χ4v) is 3.87. The molecule has 0 amide bonds. The molecule has 0 N–H and O–H groups in total. The van der Waals surface area contributed by atoms with Gasteiger partial charge in [-0.2, -0.15) is 0 Å². The minimum Gasteiger partial charge on any atom is -0.355 e. The van der Waals surface area contributed by atoms with Crippen LogP contribution >= 0.6 is 27.5 Å². The van der Waals surface area contributed by atoms with Crippen LogP contribution in [0.5, 0.6) is 0 Å². The Morgan fingerprint density at radius 2 is 1.75 bits per heavy atom. The lowest BCUT2D eigenvalue weighted by molar-refractivity contribution is 0.141. The third-order valence-corrected chi connectivity index (χ3v) is 5.64. The van der Waals surface area contributed by atoms with Gasteiger partial charge < -0.3 is 9.80 Å². The van der Waals surface area contributed by atoms with E-state index in [1.807, 2.05) is 0 Å². The Kier molecular flexibility index (Phi) is 4.79. The minimum absolute atomic E-state index is 0.494. The summed E-state index contributed by atoms with van der Waals surface area (Å²) >= 11 is 9.55. The van der Waals surface area contributed by atoms with Crippen LogP contribution < -0.4 is 4.90 Å². The quantitative estimate of drug-likeness (QED) is 0.758. The first-order chi connectivity index (χ1) is 9.75. The normalized spacial score (nSPS) is 22.2. The van der Waals surface area contributed by atoms with Crippen LogP contribution in [0.25, 0.3) is 0 Å². The van der Waals surface area contributed by atoms with Crippen molar-refractivity contribution in [3.05, 3.63) is 16.0 Å². The summed E-state index contributed by atoms with van der Waals surface area (Å²) in [6, 6.07) is 0.752. The zero-order valence-electron chi connectivity index (χ0n) is 11.6. The van der Waals surface area contributed by atoms with E-state index in [2.05, 4.69) is 35.7 Å². The summed E-state index contributed by atoms with van der Waals surface area (Å²) < 4.78 is 0.818. The summed E-state index contributed by atoms with van der Waals surface area (Å²) in [7, 11) is 0. The molecule has 4 nitrogen and oxygen atoms in total. The second-order valence-electron chi connectivity index (χ2n) is 5.62. The van der Waals surface area contributed by atoms with Gasteiger partial charge in [-0.1, -0.05) is 18.0 Å². The van der Waals surface area contributed by atoms with E-state index in [1.165, 1.54) is 45.2 Å². The Labute approximate surface area is 133 Å². The Morgan fingerprint density at radius 3 is 2.45 bits per heavy atom. The SMILES string of the molecule is Clc1ncnc(N2CCC(N3CCCCC3)CC2)c1Br. The molecule has 0 saturated carbocycles. The third kappa shape index (κ3) is 3.10. The molecular formula is C14H20BrClN4. The second-order valence-corrected chi connectivity index (χ2v) is 6.77. The monoisotopic (exact) mass is 358 g/mol. The van der Waals surface area contributed by atoms with E-state index in [-0.39, 0.29) is 0 Å². The summed E-state index contributed by atoms with van der Waals surface area (Å²) in [5, 5.41) is 0.494. The fraction of sp³-hybridized carbons (Fsp3) is 0.714. The van der Waals surface area contributed by atoms with Gasteiger partial charge in [-0.05, 0) is 54.7 Å². The molecule has 1 aromatic heterocycles. The Bertz CT molecular complexity index is 456. The van der Waals surface area contributed by atoms with Crippen LogP contribution in [0.3, 0.4) is 0 Å². The van der Waals surface area contributed by atoms with E-state index in [0.717, 1.165) is 29.4 Å². The lowest BCUT2D eigenvalue weighted by Gasteiger charge is -2.40. The number of likely N-dealkylation sites (tertiary alicyclic amines) is 1. The van der Waals surface area contributed by atoms with Crippen LogP contribution in [-0.2, 0) is 0 Å². The fourth-order valence-electron chi connectivity index (χ4n) is 3.29. The highest BCUT2D eigenvalue weighted by Crippen LogP contribution is 2.31. The molecule has 20 heavy (non-hydrogen) atoms. The summed E-state index contributed by atoms with van der Waals surface area (Å²) in [6.45, 7) is 4.67. The van der Waals surface area contributed by atoms with Gasteiger partial charge in [0.2, 0.25) is 0 Å². The summed E-state index contributed by atoms with van der Waals surface area (Å²) in [5.74, 6) is 0.932. The van der Waals surface area contributed by atoms with E-state index in [0.29, 0.717) is 5.15 Å². The van der Waals surface area contributed by atoms with Crippen molar-refractivity contribution >= 4 is 33.3 Å². The molecule has 0 atom stereocenters. The van der Waals surface area contributed by atoms with Crippen LogP contribution in [0.1, 0.15) is 32.1 Å². The number of piperidine rings is 2. The van der Waals surface area contributed by atoms with Crippen LogP contribution in [0.15, 0.2) is 10.8 Å². The molecule has 0 radical (unpaired) electrons. The predicted octanol–water partition coefficient (Wildman–Crippen LogP) is 3.35. The smallest absolute Gasteiger partial charge is 0.148 e. The number of aromatic nitrogens is 2. The first-order valence-electron chi connectivity index (χ1n) is 7.40. The molecule has 3 rings (SSSR count). The van der Waals surface area contributed by atoms with Gasteiger partial charge >= 0.3 is 0 Å². The van der Waals surface area contributed by atoms with Crippen molar-refractivity contribution in [3.8, 4) is 0 Å².